The Morgan fingerprint density at radius 1 is 1.24 bits per heavy atom. The summed E-state index contributed by atoms with van der Waals surface area (Å²) in [5, 5.41) is 0. The largest absolute Gasteiger partial charge is 0.313 e. The summed E-state index contributed by atoms with van der Waals surface area (Å²) in [4.78, 5) is 3.73. The lowest BCUT2D eigenvalue weighted by atomic mass is 10.0. The number of benzene rings is 1. The van der Waals surface area contributed by atoms with Crippen molar-refractivity contribution in [2.45, 2.75) is 36.7 Å². The summed E-state index contributed by atoms with van der Waals surface area (Å²) in [6.07, 6.45) is 5.62. The average molecular weight is 250 g/mol. The molecule has 1 unspecified atom stereocenters. The molecule has 0 bridgehead atoms. The van der Waals surface area contributed by atoms with Gasteiger partial charge < -0.3 is 5.73 Å². The van der Waals surface area contributed by atoms with Gasteiger partial charge in [0.05, 0.1) is 5.66 Å². The van der Waals surface area contributed by atoms with Gasteiger partial charge in [-0.2, -0.15) is 0 Å². The molecule has 0 spiro atoms. The summed E-state index contributed by atoms with van der Waals surface area (Å²) in [5.41, 5.74) is 7.58. The van der Waals surface area contributed by atoms with E-state index in [1.165, 1.54) is 23.3 Å². The van der Waals surface area contributed by atoms with Crippen molar-refractivity contribution in [1.82, 2.24) is 4.90 Å². The molecule has 0 radical (unpaired) electrons. The Bertz CT molecular complexity index is 353. The minimum atomic E-state index is -0.197. The number of rotatable bonds is 4. The minimum absolute atomic E-state index is 0.197. The smallest absolute Gasteiger partial charge is 0.0699 e. The van der Waals surface area contributed by atoms with Crippen LogP contribution in [0, 0.1) is 0 Å². The van der Waals surface area contributed by atoms with Gasteiger partial charge in [-0.05, 0) is 56.8 Å². The van der Waals surface area contributed by atoms with E-state index >= 15 is 0 Å². The minimum Gasteiger partial charge on any atom is -0.313 e. The van der Waals surface area contributed by atoms with Crippen LogP contribution in [0.3, 0.4) is 0 Å². The first-order valence-electron chi connectivity index (χ1n) is 6.29. The third kappa shape index (κ3) is 3.24. The highest BCUT2D eigenvalue weighted by Crippen LogP contribution is 2.22. The van der Waals surface area contributed by atoms with Gasteiger partial charge in [-0.3, -0.25) is 4.90 Å². The Hall–Kier alpha value is -0.510. The van der Waals surface area contributed by atoms with Gasteiger partial charge in [0, 0.05) is 11.3 Å². The van der Waals surface area contributed by atoms with Crippen LogP contribution in [0.2, 0.25) is 0 Å². The lowest BCUT2D eigenvalue weighted by molar-refractivity contribution is 0.142. The molecule has 0 saturated carbocycles. The average Bonchev–Trinajstić information content (AvgIpc) is 2.84. The van der Waals surface area contributed by atoms with Crippen LogP contribution < -0.4 is 5.73 Å². The van der Waals surface area contributed by atoms with Crippen LogP contribution in [0.1, 0.15) is 25.3 Å². The third-order valence-electron chi connectivity index (χ3n) is 3.55. The van der Waals surface area contributed by atoms with Gasteiger partial charge in [0.1, 0.15) is 0 Å². The van der Waals surface area contributed by atoms with Gasteiger partial charge >= 0.3 is 0 Å². The predicted molar refractivity (Wildman–Crippen MR) is 75.3 cm³/mol. The molecule has 1 aromatic carbocycles. The Labute approximate surface area is 109 Å². The first-order valence-corrected chi connectivity index (χ1v) is 7.51. The molecule has 1 saturated heterocycles. The Kier molecular flexibility index (Phi) is 4.13. The SMILES string of the molecule is CSc1ccc(CC(C)(N)N2CCCC2)cc1. The van der Waals surface area contributed by atoms with Crippen molar-refractivity contribution >= 4 is 11.8 Å². The second-order valence-corrected chi connectivity index (χ2v) is 5.96. The zero-order valence-electron chi connectivity index (χ0n) is 10.8. The van der Waals surface area contributed by atoms with Crippen LogP contribution in [0.5, 0.6) is 0 Å². The fourth-order valence-electron chi connectivity index (χ4n) is 2.50. The van der Waals surface area contributed by atoms with Gasteiger partial charge in [-0.25, -0.2) is 0 Å². The maximum Gasteiger partial charge on any atom is 0.0699 e. The first-order chi connectivity index (χ1) is 8.12. The van der Waals surface area contributed by atoms with Crippen LogP contribution in [0.15, 0.2) is 29.2 Å². The summed E-state index contributed by atoms with van der Waals surface area (Å²) in [6, 6.07) is 8.76. The standard InChI is InChI=1S/C14H22N2S/c1-14(15,16-9-3-4-10-16)11-12-5-7-13(17-2)8-6-12/h5-8H,3-4,9-11,15H2,1-2H3. The van der Waals surface area contributed by atoms with Crippen molar-refractivity contribution in [3.63, 3.8) is 0 Å². The maximum absolute atomic E-state index is 6.45. The lowest BCUT2D eigenvalue weighted by Gasteiger charge is -2.35. The molecular formula is C14H22N2S. The van der Waals surface area contributed by atoms with Crippen molar-refractivity contribution in [1.29, 1.82) is 0 Å². The van der Waals surface area contributed by atoms with E-state index in [0.717, 1.165) is 19.5 Å². The van der Waals surface area contributed by atoms with E-state index in [9.17, 15) is 0 Å². The molecule has 2 N–H and O–H groups in total. The first kappa shape index (κ1) is 12.9. The van der Waals surface area contributed by atoms with E-state index in [2.05, 4.69) is 42.3 Å². The van der Waals surface area contributed by atoms with Crippen LogP contribution >= 0.6 is 11.8 Å². The zero-order valence-corrected chi connectivity index (χ0v) is 11.6. The Morgan fingerprint density at radius 3 is 2.35 bits per heavy atom. The third-order valence-corrected chi connectivity index (χ3v) is 4.29. The molecule has 0 aromatic heterocycles. The number of thioether (sulfide) groups is 1. The Balaban J connectivity index is 2.02. The monoisotopic (exact) mass is 250 g/mol. The van der Waals surface area contributed by atoms with Crippen LogP contribution in [-0.4, -0.2) is 29.9 Å². The lowest BCUT2D eigenvalue weighted by Crippen LogP contribution is -2.53. The number of hydrogen-bond donors (Lipinski definition) is 1. The molecule has 1 atom stereocenters. The van der Waals surface area contributed by atoms with Gasteiger partial charge in [0.2, 0.25) is 0 Å². The summed E-state index contributed by atoms with van der Waals surface area (Å²) in [7, 11) is 0. The topological polar surface area (TPSA) is 29.3 Å². The summed E-state index contributed by atoms with van der Waals surface area (Å²) in [6.45, 7) is 4.45. The number of nitrogens with two attached hydrogens (primary N) is 1. The van der Waals surface area contributed by atoms with Crippen molar-refractivity contribution in [3.05, 3.63) is 29.8 Å². The molecular weight excluding hydrogens is 228 g/mol. The fraction of sp³-hybridized carbons (Fsp3) is 0.571. The summed E-state index contributed by atoms with van der Waals surface area (Å²) in [5.74, 6) is 0. The molecule has 2 nitrogen and oxygen atoms in total. The highest BCUT2D eigenvalue weighted by Gasteiger charge is 2.29. The fourth-order valence-corrected chi connectivity index (χ4v) is 2.90. The van der Waals surface area contributed by atoms with E-state index in [-0.39, 0.29) is 5.66 Å². The second-order valence-electron chi connectivity index (χ2n) is 5.08. The second kappa shape index (κ2) is 5.42. The van der Waals surface area contributed by atoms with E-state index < -0.39 is 0 Å². The quantitative estimate of drug-likeness (QED) is 0.833. The molecule has 0 amide bonds. The number of hydrogen-bond acceptors (Lipinski definition) is 3. The van der Waals surface area contributed by atoms with Crippen molar-refractivity contribution < 1.29 is 0 Å². The molecule has 17 heavy (non-hydrogen) atoms. The highest BCUT2D eigenvalue weighted by molar-refractivity contribution is 7.98. The zero-order chi connectivity index (χ0) is 12.3. The predicted octanol–water partition coefficient (Wildman–Crippen LogP) is 2.72. The normalized spacial score (nSPS) is 20.4. The molecule has 1 aromatic rings. The molecule has 1 fully saturated rings. The van der Waals surface area contributed by atoms with Gasteiger partial charge in [0.25, 0.3) is 0 Å². The van der Waals surface area contributed by atoms with Crippen molar-refractivity contribution in [2.75, 3.05) is 19.3 Å². The molecule has 94 valence electrons. The van der Waals surface area contributed by atoms with E-state index in [1.807, 2.05) is 0 Å². The Morgan fingerprint density at radius 2 is 1.82 bits per heavy atom. The number of nitrogens with zero attached hydrogens (tertiary/aromatic N) is 1. The van der Waals surface area contributed by atoms with Gasteiger partial charge in [-0.15, -0.1) is 11.8 Å². The van der Waals surface area contributed by atoms with Gasteiger partial charge in [0.15, 0.2) is 0 Å². The van der Waals surface area contributed by atoms with Crippen LogP contribution in [0.25, 0.3) is 0 Å². The maximum atomic E-state index is 6.45. The molecule has 1 heterocycles. The highest BCUT2D eigenvalue weighted by atomic mass is 32.2. The van der Waals surface area contributed by atoms with Crippen LogP contribution in [0.4, 0.5) is 0 Å². The van der Waals surface area contributed by atoms with Crippen LogP contribution in [-0.2, 0) is 6.42 Å². The van der Waals surface area contributed by atoms with Gasteiger partial charge in [-0.1, -0.05) is 12.1 Å². The molecule has 2 rings (SSSR count). The number of likely N-dealkylation sites (tertiary alicyclic amines) is 1. The van der Waals surface area contributed by atoms with Crippen molar-refractivity contribution in [2.24, 2.45) is 5.73 Å². The van der Waals surface area contributed by atoms with E-state index in [1.54, 1.807) is 11.8 Å². The summed E-state index contributed by atoms with van der Waals surface area (Å²) >= 11 is 1.78. The summed E-state index contributed by atoms with van der Waals surface area (Å²) < 4.78 is 0. The van der Waals surface area contributed by atoms with E-state index in [4.69, 9.17) is 5.73 Å². The molecule has 3 heteroatoms. The molecule has 1 aliphatic rings. The molecule has 0 aliphatic carbocycles. The molecule has 1 aliphatic heterocycles. The van der Waals surface area contributed by atoms with E-state index in [0.29, 0.717) is 0 Å². The van der Waals surface area contributed by atoms with Crippen molar-refractivity contribution in [3.8, 4) is 0 Å².